The van der Waals surface area contributed by atoms with Crippen LogP contribution in [0.25, 0.3) is 11.3 Å². The molecule has 0 atom stereocenters. The summed E-state index contributed by atoms with van der Waals surface area (Å²) >= 11 is 0. The van der Waals surface area contributed by atoms with Crippen LogP contribution in [0.4, 0.5) is 15.8 Å². The first kappa shape index (κ1) is 16.5. The highest BCUT2D eigenvalue weighted by atomic mass is 19.1. The second-order valence-corrected chi connectivity index (χ2v) is 7.54. The SMILES string of the molecule is CC1(C)CC(=O)c2c([nH]c(-c3ccncc3)c2Nc2cccc(F)c2)C1. The van der Waals surface area contributed by atoms with E-state index < -0.39 is 0 Å². The van der Waals surface area contributed by atoms with E-state index in [-0.39, 0.29) is 17.0 Å². The van der Waals surface area contributed by atoms with Gasteiger partial charge in [-0.2, -0.15) is 0 Å². The first-order chi connectivity index (χ1) is 12.4. The summed E-state index contributed by atoms with van der Waals surface area (Å²) in [5, 5.41) is 3.27. The van der Waals surface area contributed by atoms with Gasteiger partial charge < -0.3 is 10.3 Å². The maximum atomic E-state index is 13.6. The molecule has 0 fully saturated rings. The highest BCUT2D eigenvalue weighted by Crippen LogP contribution is 2.43. The molecule has 132 valence electrons. The lowest BCUT2D eigenvalue weighted by molar-refractivity contribution is 0.0912. The van der Waals surface area contributed by atoms with Gasteiger partial charge >= 0.3 is 0 Å². The number of hydrogen-bond donors (Lipinski definition) is 2. The van der Waals surface area contributed by atoms with Crippen molar-refractivity contribution in [3.05, 3.63) is 65.9 Å². The molecule has 2 aromatic heterocycles. The Morgan fingerprint density at radius 1 is 1.15 bits per heavy atom. The average Bonchev–Trinajstić information content (AvgIpc) is 2.93. The molecule has 4 rings (SSSR count). The molecule has 1 aromatic carbocycles. The van der Waals surface area contributed by atoms with Crippen molar-refractivity contribution in [1.29, 1.82) is 0 Å². The second-order valence-electron chi connectivity index (χ2n) is 7.54. The van der Waals surface area contributed by atoms with Gasteiger partial charge in [0.15, 0.2) is 5.78 Å². The molecule has 4 nitrogen and oxygen atoms in total. The number of carbonyl (C=O) groups is 1. The zero-order chi connectivity index (χ0) is 18.3. The van der Waals surface area contributed by atoms with Gasteiger partial charge in [-0.3, -0.25) is 9.78 Å². The maximum Gasteiger partial charge on any atom is 0.167 e. The fourth-order valence-electron chi connectivity index (χ4n) is 3.63. The average molecular weight is 349 g/mol. The summed E-state index contributed by atoms with van der Waals surface area (Å²) in [5.74, 6) is -0.218. The number of rotatable bonds is 3. The monoisotopic (exact) mass is 349 g/mol. The minimum absolute atomic E-state index is 0.0828. The fraction of sp³-hybridized carbons (Fsp3) is 0.238. The molecule has 0 bridgehead atoms. The number of carbonyl (C=O) groups excluding carboxylic acids is 1. The molecule has 5 heteroatoms. The number of benzene rings is 1. The Morgan fingerprint density at radius 2 is 1.92 bits per heavy atom. The molecule has 0 aliphatic heterocycles. The van der Waals surface area contributed by atoms with Crippen LogP contribution < -0.4 is 5.32 Å². The van der Waals surface area contributed by atoms with Crippen LogP contribution in [0.2, 0.25) is 0 Å². The fourth-order valence-corrected chi connectivity index (χ4v) is 3.63. The van der Waals surface area contributed by atoms with Crippen LogP contribution in [0.5, 0.6) is 0 Å². The van der Waals surface area contributed by atoms with Crippen LogP contribution in [0.1, 0.15) is 36.3 Å². The van der Waals surface area contributed by atoms with E-state index in [1.165, 1.54) is 12.1 Å². The first-order valence-electron chi connectivity index (χ1n) is 8.64. The van der Waals surface area contributed by atoms with Gasteiger partial charge in [0.1, 0.15) is 5.82 Å². The van der Waals surface area contributed by atoms with Crippen LogP contribution in [-0.2, 0) is 6.42 Å². The topological polar surface area (TPSA) is 57.8 Å². The zero-order valence-electron chi connectivity index (χ0n) is 14.8. The molecule has 0 saturated carbocycles. The molecule has 1 aliphatic carbocycles. The van der Waals surface area contributed by atoms with Gasteiger partial charge in [0.05, 0.1) is 16.9 Å². The highest BCUT2D eigenvalue weighted by molar-refractivity contribution is 6.07. The largest absolute Gasteiger partial charge is 0.356 e. The standard InChI is InChI=1S/C21H20FN3O/c1-21(2)11-16-18(17(26)12-21)20(24-15-5-3-4-14(22)10-15)19(25-16)13-6-8-23-9-7-13/h3-10,24-25H,11-12H2,1-2H3. The number of aromatic nitrogens is 2. The van der Waals surface area contributed by atoms with Crippen molar-refractivity contribution >= 4 is 17.2 Å². The van der Waals surface area contributed by atoms with Gasteiger partial charge in [0, 0.05) is 35.8 Å². The van der Waals surface area contributed by atoms with Crippen LogP contribution in [-0.4, -0.2) is 15.8 Å². The number of nitrogens with zero attached hydrogens (tertiary/aromatic N) is 1. The molecule has 0 amide bonds. The van der Waals surface area contributed by atoms with E-state index in [1.54, 1.807) is 24.5 Å². The van der Waals surface area contributed by atoms with Gasteiger partial charge in [-0.25, -0.2) is 4.39 Å². The van der Waals surface area contributed by atoms with Gasteiger partial charge in [-0.05, 0) is 42.2 Å². The number of H-pyrrole nitrogens is 1. The van der Waals surface area contributed by atoms with Crippen LogP contribution >= 0.6 is 0 Å². The predicted octanol–water partition coefficient (Wildman–Crippen LogP) is 5.11. The van der Waals surface area contributed by atoms with Gasteiger partial charge in [0.2, 0.25) is 0 Å². The lowest BCUT2D eigenvalue weighted by Crippen LogP contribution is -2.26. The van der Waals surface area contributed by atoms with E-state index in [2.05, 4.69) is 29.1 Å². The van der Waals surface area contributed by atoms with Gasteiger partial charge in [-0.1, -0.05) is 19.9 Å². The minimum Gasteiger partial charge on any atom is -0.356 e. The Labute approximate surface area is 151 Å². The normalized spacial score (nSPS) is 15.6. The van der Waals surface area contributed by atoms with Crippen molar-refractivity contribution < 1.29 is 9.18 Å². The summed E-state index contributed by atoms with van der Waals surface area (Å²) in [4.78, 5) is 20.4. The highest BCUT2D eigenvalue weighted by Gasteiger charge is 2.35. The van der Waals surface area contributed by atoms with Crippen LogP contribution in [0.3, 0.4) is 0 Å². The van der Waals surface area contributed by atoms with Crippen molar-refractivity contribution in [3.8, 4) is 11.3 Å². The van der Waals surface area contributed by atoms with Crippen molar-refractivity contribution in [1.82, 2.24) is 9.97 Å². The molecule has 2 heterocycles. The van der Waals surface area contributed by atoms with E-state index in [1.807, 2.05) is 12.1 Å². The van der Waals surface area contributed by atoms with Gasteiger partial charge in [0.25, 0.3) is 0 Å². The Balaban J connectivity index is 1.88. The van der Waals surface area contributed by atoms with E-state index in [9.17, 15) is 9.18 Å². The number of halogens is 1. The number of ketones is 1. The maximum absolute atomic E-state index is 13.6. The molecule has 0 saturated heterocycles. The quantitative estimate of drug-likeness (QED) is 0.690. The summed E-state index contributed by atoms with van der Waals surface area (Å²) in [6.07, 6.45) is 4.71. The molecule has 26 heavy (non-hydrogen) atoms. The number of hydrogen-bond acceptors (Lipinski definition) is 3. The molecule has 0 unspecified atom stereocenters. The molecule has 3 aromatic rings. The van der Waals surface area contributed by atoms with E-state index in [0.29, 0.717) is 23.4 Å². The Morgan fingerprint density at radius 3 is 2.65 bits per heavy atom. The number of nitrogens with one attached hydrogen (secondary N) is 2. The summed E-state index contributed by atoms with van der Waals surface area (Å²) < 4.78 is 13.6. The first-order valence-corrected chi connectivity index (χ1v) is 8.64. The van der Waals surface area contributed by atoms with E-state index in [0.717, 1.165) is 23.4 Å². The molecule has 0 spiro atoms. The van der Waals surface area contributed by atoms with Crippen LogP contribution in [0.15, 0.2) is 48.8 Å². The van der Waals surface area contributed by atoms with Gasteiger partial charge in [-0.15, -0.1) is 0 Å². The summed E-state index contributed by atoms with van der Waals surface area (Å²) in [5.41, 5.74) is 4.60. The van der Waals surface area contributed by atoms with E-state index in [4.69, 9.17) is 0 Å². The smallest absolute Gasteiger partial charge is 0.167 e. The number of anilines is 2. The molecular weight excluding hydrogens is 329 g/mol. The Bertz CT molecular complexity index is 976. The third-order valence-electron chi connectivity index (χ3n) is 4.71. The lowest BCUT2D eigenvalue weighted by Gasteiger charge is -2.28. The minimum atomic E-state index is -0.322. The molecule has 0 radical (unpaired) electrons. The number of fused-ring (bicyclic) bond motifs is 1. The van der Waals surface area contributed by atoms with Crippen LogP contribution in [0, 0.1) is 11.2 Å². The lowest BCUT2D eigenvalue weighted by atomic mass is 9.76. The number of aromatic amines is 1. The van der Waals surface area contributed by atoms with E-state index >= 15 is 0 Å². The summed E-state index contributed by atoms with van der Waals surface area (Å²) in [6, 6.07) is 10.0. The van der Waals surface area contributed by atoms with Crippen molar-refractivity contribution in [2.24, 2.45) is 5.41 Å². The third kappa shape index (κ3) is 3.01. The molecule has 2 N–H and O–H groups in total. The molecule has 1 aliphatic rings. The van der Waals surface area contributed by atoms with Crippen molar-refractivity contribution in [2.45, 2.75) is 26.7 Å². The number of Topliss-reactive ketones (excluding diaryl/α,β-unsaturated/α-hetero) is 1. The summed E-state index contributed by atoms with van der Waals surface area (Å²) in [7, 11) is 0. The third-order valence-corrected chi connectivity index (χ3v) is 4.71. The zero-order valence-corrected chi connectivity index (χ0v) is 14.8. The van der Waals surface area contributed by atoms with Crippen molar-refractivity contribution in [3.63, 3.8) is 0 Å². The van der Waals surface area contributed by atoms with Crippen molar-refractivity contribution in [2.75, 3.05) is 5.32 Å². The Hall–Kier alpha value is -2.95. The molecular formula is C21H20FN3O. The number of pyridine rings is 1. The summed E-state index contributed by atoms with van der Waals surface area (Å²) in [6.45, 7) is 4.20. The Kier molecular flexibility index (Phi) is 3.87. The second kappa shape index (κ2) is 6.09. The predicted molar refractivity (Wildman–Crippen MR) is 100 cm³/mol.